The van der Waals surface area contributed by atoms with Crippen molar-refractivity contribution in [3.05, 3.63) is 66.7 Å². The molecule has 0 N–H and O–H groups in total. The summed E-state index contributed by atoms with van der Waals surface area (Å²) in [4.78, 5) is 15.7. The van der Waals surface area contributed by atoms with Crippen LogP contribution in [0.5, 0.6) is 0 Å². The summed E-state index contributed by atoms with van der Waals surface area (Å²) in [6.07, 6.45) is 6.72. The van der Waals surface area contributed by atoms with Crippen molar-refractivity contribution in [2.75, 3.05) is 20.2 Å². The molecule has 0 bridgehead atoms. The van der Waals surface area contributed by atoms with Gasteiger partial charge in [0.15, 0.2) is 0 Å². The first-order valence-corrected chi connectivity index (χ1v) is 11.6. The third-order valence-corrected chi connectivity index (χ3v) is 7.93. The molecule has 2 atom stereocenters. The zero-order valence-electron chi connectivity index (χ0n) is 20.3. The Bertz CT molecular complexity index is 960. The van der Waals surface area contributed by atoms with Gasteiger partial charge in [-0.1, -0.05) is 46.1 Å². The van der Waals surface area contributed by atoms with E-state index in [1.165, 1.54) is 12.3 Å². The number of benzene rings is 1. The molecule has 3 rings (SSSR count). The second kappa shape index (κ2) is 10.1. The highest BCUT2D eigenvalue weighted by Crippen LogP contribution is 2.59. The highest BCUT2D eigenvalue weighted by atomic mass is 19.1. The van der Waals surface area contributed by atoms with Gasteiger partial charge in [0.2, 0.25) is 5.91 Å². The number of halogens is 1. The minimum absolute atomic E-state index is 0.0590. The minimum atomic E-state index is -0.505. The van der Waals surface area contributed by atoms with Gasteiger partial charge in [-0.3, -0.25) is 4.79 Å². The van der Waals surface area contributed by atoms with Gasteiger partial charge in [-0.15, -0.1) is 0 Å². The molecule has 1 amide bonds. The molecule has 1 heterocycles. The maximum Gasteiger partial charge on any atom is 0.229 e. The van der Waals surface area contributed by atoms with Gasteiger partial charge in [0, 0.05) is 32.0 Å². The molecule has 2 fully saturated rings. The number of hydrogen-bond acceptors (Lipinski definition) is 4. The summed E-state index contributed by atoms with van der Waals surface area (Å²) in [5.74, 6) is -0.101. The second-order valence-electron chi connectivity index (χ2n) is 9.85. The highest BCUT2D eigenvalue weighted by Gasteiger charge is 2.57. The summed E-state index contributed by atoms with van der Waals surface area (Å²) >= 11 is 0. The molecule has 1 unspecified atom stereocenters. The van der Waals surface area contributed by atoms with E-state index in [4.69, 9.17) is 4.74 Å². The maximum atomic E-state index is 14.5. The molecule has 1 saturated carbocycles. The van der Waals surface area contributed by atoms with E-state index < -0.39 is 5.41 Å². The molecule has 33 heavy (non-hydrogen) atoms. The largest absolute Gasteiger partial charge is 0.381 e. The second-order valence-corrected chi connectivity index (χ2v) is 9.85. The van der Waals surface area contributed by atoms with Crippen molar-refractivity contribution < 1.29 is 13.9 Å². The van der Waals surface area contributed by atoms with Crippen LogP contribution in [0.3, 0.4) is 0 Å². The number of allylic oxidation sites excluding steroid dienone is 2. The van der Waals surface area contributed by atoms with Gasteiger partial charge >= 0.3 is 0 Å². The van der Waals surface area contributed by atoms with E-state index in [0.29, 0.717) is 11.3 Å². The number of rotatable bonds is 7. The van der Waals surface area contributed by atoms with Crippen LogP contribution in [-0.2, 0) is 9.53 Å². The molecule has 2 aliphatic rings. The number of carbonyl (C=O) groups is 1. The van der Waals surface area contributed by atoms with Gasteiger partial charge in [0.1, 0.15) is 5.82 Å². The van der Waals surface area contributed by atoms with E-state index in [9.17, 15) is 9.18 Å². The average molecular weight is 454 g/mol. The van der Waals surface area contributed by atoms with Crippen LogP contribution in [0, 0.1) is 22.6 Å². The standard InChI is InChI=1S/C27H36FN3O2/c1-7-29-30-24(21-10-8-9-11-23(21)28)18-19(2)22-12-15-27(5,26(22,3)4)25(32)31-16-13-20(33-6)14-17-31/h7-11,18,20,22H,1-2,12-17H2,3-6H3/b24-18-,30-29-/t22-,27?/m0/s1. The lowest BCUT2D eigenvalue weighted by atomic mass is 9.63. The molecular weight excluding hydrogens is 417 g/mol. The van der Waals surface area contributed by atoms with Gasteiger partial charge in [0.25, 0.3) is 0 Å². The Hall–Kier alpha value is -2.60. The Morgan fingerprint density at radius 1 is 1.21 bits per heavy atom. The monoisotopic (exact) mass is 453 g/mol. The molecule has 5 nitrogen and oxygen atoms in total. The fraction of sp³-hybridized carbons (Fsp3) is 0.519. The van der Waals surface area contributed by atoms with E-state index in [1.807, 2.05) is 4.90 Å². The number of amides is 1. The highest BCUT2D eigenvalue weighted by molar-refractivity contribution is 5.84. The van der Waals surface area contributed by atoms with Gasteiger partial charge in [-0.25, -0.2) is 4.39 Å². The van der Waals surface area contributed by atoms with Crippen LogP contribution in [0.15, 0.2) is 65.5 Å². The number of hydrogen-bond donors (Lipinski definition) is 0. The number of ether oxygens (including phenoxy) is 1. The van der Waals surface area contributed by atoms with Crippen LogP contribution in [0.2, 0.25) is 0 Å². The number of azo groups is 1. The number of carbonyl (C=O) groups excluding carboxylic acids is 1. The number of nitrogens with zero attached hydrogens (tertiary/aromatic N) is 3. The topological polar surface area (TPSA) is 54.3 Å². The van der Waals surface area contributed by atoms with Gasteiger partial charge < -0.3 is 9.64 Å². The molecule has 0 aromatic heterocycles. The maximum absolute atomic E-state index is 14.5. The lowest BCUT2D eigenvalue weighted by Crippen LogP contribution is -2.51. The Morgan fingerprint density at radius 2 is 1.88 bits per heavy atom. The Morgan fingerprint density at radius 3 is 2.48 bits per heavy atom. The minimum Gasteiger partial charge on any atom is -0.381 e. The fourth-order valence-corrected chi connectivity index (χ4v) is 5.38. The third kappa shape index (κ3) is 4.86. The van der Waals surface area contributed by atoms with Gasteiger partial charge in [-0.05, 0) is 60.8 Å². The summed E-state index contributed by atoms with van der Waals surface area (Å²) in [5, 5.41) is 8.05. The molecule has 1 aromatic carbocycles. The third-order valence-electron chi connectivity index (χ3n) is 7.93. The number of likely N-dealkylation sites (tertiary alicyclic amines) is 1. The van der Waals surface area contributed by atoms with Crippen LogP contribution < -0.4 is 0 Å². The molecule has 1 aliphatic carbocycles. The predicted molar refractivity (Wildman–Crippen MR) is 130 cm³/mol. The summed E-state index contributed by atoms with van der Waals surface area (Å²) in [6.45, 7) is 15.7. The molecule has 6 heteroatoms. The van der Waals surface area contributed by atoms with Crippen molar-refractivity contribution in [3.8, 4) is 0 Å². The van der Waals surface area contributed by atoms with Gasteiger partial charge in [0.05, 0.1) is 17.2 Å². The first-order chi connectivity index (χ1) is 15.7. The van der Waals surface area contributed by atoms with Crippen molar-refractivity contribution in [3.63, 3.8) is 0 Å². The van der Waals surface area contributed by atoms with E-state index in [-0.39, 0.29) is 29.2 Å². The first kappa shape index (κ1) is 25.0. The Labute approximate surface area is 197 Å². The Balaban J connectivity index is 1.85. The van der Waals surface area contributed by atoms with Gasteiger partial charge in [-0.2, -0.15) is 10.2 Å². The lowest BCUT2D eigenvalue weighted by molar-refractivity contribution is -0.149. The zero-order valence-corrected chi connectivity index (χ0v) is 20.3. The van der Waals surface area contributed by atoms with Crippen LogP contribution >= 0.6 is 0 Å². The Kier molecular flexibility index (Phi) is 7.68. The van der Waals surface area contributed by atoms with Crippen LogP contribution in [0.25, 0.3) is 5.70 Å². The number of methoxy groups -OCH3 is 1. The van der Waals surface area contributed by atoms with Crippen LogP contribution in [-0.4, -0.2) is 37.1 Å². The fourth-order valence-electron chi connectivity index (χ4n) is 5.38. The zero-order chi connectivity index (χ0) is 24.2. The first-order valence-electron chi connectivity index (χ1n) is 11.6. The van der Waals surface area contributed by atoms with Crippen molar-refractivity contribution >= 4 is 11.6 Å². The van der Waals surface area contributed by atoms with E-state index in [1.54, 1.807) is 31.4 Å². The normalized spacial score (nSPS) is 26.0. The summed E-state index contributed by atoms with van der Waals surface area (Å²) in [5.41, 5.74) is 0.757. The van der Waals surface area contributed by atoms with Crippen LogP contribution in [0.1, 0.15) is 52.0 Å². The quantitative estimate of drug-likeness (QED) is 0.354. The van der Waals surface area contributed by atoms with Crippen molar-refractivity contribution in [2.45, 2.75) is 52.6 Å². The summed E-state index contributed by atoms with van der Waals surface area (Å²) < 4.78 is 19.9. The smallest absolute Gasteiger partial charge is 0.229 e. The van der Waals surface area contributed by atoms with E-state index >= 15 is 0 Å². The average Bonchev–Trinajstić information content (AvgIpc) is 3.06. The van der Waals surface area contributed by atoms with E-state index in [0.717, 1.165) is 44.3 Å². The molecule has 1 aromatic rings. The molecule has 0 radical (unpaired) electrons. The molecule has 1 aliphatic heterocycles. The van der Waals surface area contributed by atoms with Crippen molar-refractivity contribution in [1.29, 1.82) is 0 Å². The predicted octanol–water partition coefficient (Wildman–Crippen LogP) is 6.40. The van der Waals surface area contributed by atoms with Crippen molar-refractivity contribution in [2.24, 2.45) is 27.0 Å². The SMILES string of the molecule is C=C/N=N\C(=C/C(=C)[C@@H]1CCC(C)(C(=O)N2CCC(OC)CC2)C1(C)C)c1ccccc1F. The van der Waals surface area contributed by atoms with Crippen molar-refractivity contribution in [1.82, 2.24) is 4.90 Å². The molecular formula is C27H36FN3O2. The lowest BCUT2D eigenvalue weighted by Gasteiger charge is -2.45. The summed E-state index contributed by atoms with van der Waals surface area (Å²) in [6, 6.07) is 6.48. The summed E-state index contributed by atoms with van der Waals surface area (Å²) in [7, 11) is 1.73. The molecule has 1 saturated heterocycles. The number of piperidine rings is 1. The van der Waals surface area contributed by atoms with Crippen LogP contribution in [0.4, 0.5) is 4.39 Å². The van der Waals surface area contributed by atoms with E-state index in [2.05, 4.69) is 44.2 Å². The molecule has 0 spiro atoms. The molecule has 178 valence electrons.